The summed E-state index contributed by atoms with van der Waals surface area (Å²) in [5.41, 5.74) is 19.3. The van der Waals surface area contributed by atoms with Crippen LogP contribution in [0, 0.1) is 0 Å². The van der Waals surface area contributed by atoms with Crippen LogP contribution in [0.15, 0.2) is 54.6 Å². The zero-order valence-corrected chi connectivity index (χ0v) is 18.9. The van der Waals surface area contributed by atoms with Crippen LogP contribution in [0.25, 0.3) is 11.3 Å². The summed E-state index contributed by atoms with van der Waals surface area (Å²) in [6, 6.07) is 18.4. The van der Waals surface area contributed by atoms with E-state index >= 15 is 0 Å². The Morgan fingerprint density at radius 3 is 2.76 bits per heavy atom. The zero-order chi connectivity index (χ0) is 23.2. The van der Waals surface area contributed by atoms with Gasteiger partial charge < -0.3 is 31.8 Å². The predicted molar refractivity (Wildman–Crippen MR) is 131 cm³/mol. The highest BCUT2D eigenvalue weighted by Gasteiger charge is 2.30. The summed E-state index contributed by atoms with van der Waals surface area (Å²) in [7, 11) is 0. The molecule has 9 nitrogen and oxygen atoms in total. The Bertz CT molecular complexity index is 1060. The van der Waals surface area contributed by atoms with E-state index in [-0.39, 0.29) is 12.1 Å². The Hall–Kier alpha value is -3.24. The van der Waals surface area contributed by atoms with E-state index in [1.165, 1.54) is 5.56 Å². The number of nitrogens with one attached hydrogen (secondary N) is 3. The minimum Gasteiger partial charge on any atom is -0.371 e. The highest BCUT2D eigenvalue weighted by atomic mass is 16.5. The third kappa shape index (κ3) is 5.58. The first-order chi connectivity index (χ1) is 16.1. The second-order valence-corrected chi connectivity index (χ2v) is 8.33. The molecule has 0 spiro atoms. The van der Waals surface area contributed by atoms with E-state index in [0.717, 1.165) is 48.0 Å². The molecule has 2 unspecified atom stereocenters. The molecule has 1 saturated heterocycles. The summed E-state index contributed by atoms with van der Waals surface area (Å²) in [5.74, 6) is 6.94. The minimum absolute atomic E-state index is 0.0630. The van der Waals surface area contributed by atoms with Crippen molar-refractivity contribution in [3.8, 4) is 11.3 Å². The third-order valence-corrected chi connectivity index (χ3v) is 5.91. The minimum atomic E-state index is 0.0630. The van der Waals surface area contributed by atoms with Crippen molar-refractivity contribution in [2.24, 2.45) is 11.6 Å². The van der Waals surface area contributed by atoms with Crippen LogP contribution in [0.2, 0.25) is 0 Å². The number of hydrogen-bond donors (Lipinski definition) is 5. The van der Waals surface area contributed by atoms with Gasteiger partial charge in [-0.3, -0.25) is 5.84 Å². The highest BCUT2D eigenvalue weighted by molar-refractivity contribution is 5.69. The molecule has 0 radical (unpaired) electrons. The lowest BCUT2D eigenvalue weighted by atomic mass is 10.1. The lowest BCUT2D eigenvalue weighted by Gasteiger charge is -2.36. The summed E-state index contributed by atoms with van der Waals surface area (Å²) in [5, 5.41) is 3.50. The molecule has 2 heterocycles. The number of aromatic nitrogens is 2. The van der Waals surface area contributed by atoms with E-state index in [2.05, 4.69) is 56.8 Å². The number of anilines is 3. The Morgan fingerprint density at radius 1 is 1.18 bits per heavy atom. The van der Waals surface area contributed by atoms with Gasteiger partial charge in [0.15, 0.2) is 5.82 Å². The largest absolute Gasteiger partial charge is 0.371 e. The van der Waals surface area contributed by atoms with Crippen molar-refractivity contribution in [2.45, 2.75) is 32.2 Å². The molecule has 0 bridgehead atoms. The fraction of sp³-hybridized carbons (Fsp3) is 0.333. The van der Waals surface area contributed by atoms with Gasteiger partial charge in [0.05, 0.1) is 31.0 Å². The van der Waals surface area contributed by atoms with E-state index in [9.17, 15) is 0 Å². The molecule has 1 aromatic heterocycles. The Kier molecular flexibility index (Phi) is 7.36. The van der Waals surface area contributed by atoms with Gasteiger partial charge in [-0.1, -0.05) is 42.5 Å². The number of nitrogens with two attached hydrogens (primary N) is 3. The van der Waals surface area contributed by atoms with Gasteiger partial charge in [-0.05, 0) is 24.1 Å². The smallest absolute Gasteiger partial charge is 0.342 e. The lowest BCUT2D eigenvalue weighted by Crippen LogP contribution is -2.53. The molecule has 9 heteroatoms. The number of hydrazine groups is 1. The Labute approximate surface area is 194 Å². The van der Waals surface area contributed by atoms with Gasteiger partial charge in [-0.15, -0.1) is 4.98 Å². The van der Waals surface area contributed by atoms with E-state index in [1.54, 1.807) is 0 Å². The molecule has 0 saturated carbocycles. The second kappa shape index (κ2) is 10.6. The van der Waals surface area contributed by atoms with E-state index in [4.69, 9.17) is 22.0 Å². The average Bonchev–Trinajstić information content (AvgIpc) is 2.85. The van der Waals surface area contributed by atoms with Crippen molar-refractivity contribution in [2.75, 3.05) is 35.8 Å². The molecule has 1 fully saturated rings. The van der Waals surface area contributed by atoms with Gasteiger partial charge in [0.2, 0.25) is 0 Å². The molecule has 174 valence electrons. The normalized spacial score (nSPS) is 18.3. The number of aromatic amines is 1. The van der Waals surface area contributed by atoms with Gasteiger partial charge >= 0.3 is 5.95 Å². The number of nitrogens with zero attached hydrogens (tertiary/aromatic N) is 2. The number of H-pyrrole nitrogens is 1. The van der Waals surface area contributed by atoms with E-state index < -0.39 is 0 Å². The SMILES string of the molecule is CC1COC(CNCc2ccccc2)CN1c1cc(-c2ccc(CN)c(NN)c2)nc(N)[nH+]1. The molecule has 1 aliphatic heterocycles. The van der Waals surface area contributed by atoms with Crippen molar-refractivity contribution in [1.82, 2.24) is 10.3 Å². The maximum atomic E-state index is 6.16. The first-order valence-corrected chi connectivity index (χ1v) is 11.2. The van der Waals surface area contributed by atoms with Gasteiger partial charge in [0.1, 0.15) is 5.69 Å². The number of hydrogen-bond acceptors (Lipinski definition) is 8. The van der Waals surface area contributed by atoms with E-state index in [0.29, 0.717) is 19.1 Å². The highest BCUT2D eigenvalue weighted by Crippen LogP contribution is 2.27. The van der Waals surface area contributed by atoms with Gasteiger partial charge in [-0.25, -0.2) is 4.98 Å². The monoisotopic (exact) mass is 449 g/mol. The maximum Gasteiger partial charge on any atom is 0.342 e. The zero-order valence-electron chi connectivity index (χ0n) is 18.9. The standard InChI is InChI=1S/C24H32N8O/c1-16-15-33-20(13-28-12-17-5-3-2-4-6-17)14-32(16)23-10-21(29-24(26)30-23)18-7-8-19(11-25)22(9-18)31-27/h2-10,16,20,28,31H,11-15,25,27H2,1H3,(H2,26,29,30)/p+1. The van der Waals surface area contributed by atoms with Crippen LogP contribution in [0.5, 0.6) is 0 Å². The van der Waals surface area contributed by atoms with Gasteiger partial charge in [0.25, 0.3) is 0 Å². The van der Waals surface area contributed by atoms with Crippen LogP contribution >= 0.6 is 0 Å². The lowest BCUT2D eigenvalue weighted by molar-refractivity contribution is -0.351. The van der Waals surface area contributed by atoms with Crippen LogP contribution < -0.4 is 37.9 Å². The van der Waals surface area contributed by atoms with Crippen LogP contribution in [0.3, 0.4) is 0 Å². The van der Waals surface area contributed by atoms with Crippen molar-refractivity contribution < 1.29 is 9.72 Å². The third-order valence-electron chi connectivity index (χ3n) is 5.91. The average molecular weight is 450 g/mol. The van der Waals surface area contributed by atoms with E-state index in [1.807, 2.05) is 30.3 Å². The number of rotatable bonds is 8. The fourth-order valence-electron chi connectivity index (χ4n) is 4.09. The van der Waals surface area contributed by atoms with Crippen LogP contribution in [-0.4, -0.2) is 36.8 Å². The molecule has 2 atom stereocenters. The molecule has 0 amide bonds. The van der Waals surface area contributed by atoms with Crippen LogP contribution in [0.4, 0.5) is 17.5 Å². The molecule has 1 aliphatic rings. The molecular weight excluding hydrogens is 416 g/mol. The van der Waals surface area contributed by atoms with Crippen molar-refractivity contribution in [1.29, 1.82) is 0 Å². The molecule has 3 aromatic rings. The topological polar surface area (TPSA) is 142 Å². The summed E-state index contributed by atoms with van der Waals surface area (Å²) < 4.78 is 6.08. The molecule has 33 heavy (non-hydrogen) atoms. The van der Waals surface area contributed by atoms with Gasteiger partial charge in [-0.2, -0.15) is 0 Å². The molecule has 2 aromatic carbocycles. The van der Waals surface area contributed by atoms with Crippen LogP contribution in [-0.2, 0) is 17.8 Å². The number of morpholine rings is 1. The first-order valence-electron chi connectivity index (χ1n) is 11.2. The Morgan fingerprint density at radius 2 is 2.00 bits per heavy atom. The molecular formula is C24H33N8O+. The number of ether oxygens (including phenoxy) is 1. The van der Waals surface area contributed by atoms with Crippen molar-refractivity contribution in [3.63, 3.8) is 0 Å². The van der Waals surface area contributed by atoms with Crippen molar-refractivity contribution >= 4 is 17.5 Å². The van der Waals surface area contributed by atoms with Crippen LogP contribution in [0.1, 0.15) is 18.1 Å². The summed E-state index contributed by atoms with van der Waals surface area (Å²) >= 11 is 0. The van der Waals surface area contributed by atoms with Gasteiger partial charge in [0, 0.05) is 31.3 Å². The maximum absolute atomic E-state index is 6.16. The Balaban J connectivity index is 1.49. The summed E-state index contributed by atoms with van der Waals surface area (Å²) in [4.78, 5) is 10.0. The summed E-state index contributed by atoms with van der Waals surface area (Å²) in [6.45, 7) is 5.49. The molecule has 0 aliphatic carbocycles. The second-order valence-electron chi connectivity index (χ2n) is 8.33. The van der Waals surface area contributed by atoms with Crippen molar-refractivity contribution in [3.05, 3.63) is 65.7 Å². The quantitative estimate of drug-likeness (QED) is 0.256. The number of nitrogen functional groups attached to an aromatic ring is 2. The summed E-state index contributed by atoms with van der Waals surface area (Å²) in [6.07, 6.45) is 0.0630. The molecule has 9 N–H and O–H groups in total. The molecule has 4 rings (SSSR count). The predicted octanol–water partition coefficient (Wildman–Crippen LogP) is 1.27. The fourth-order valence-corrected chi connectivity index (χ4v) is 4.09. The first kappa shape index (κ1) is 22.9. The number of benzene rings is 2.